The normalized spacial score (nSPS) is 24.3. The van der Waals surface area contributed by atoms with Gasteiger partial charge in [0, 0.05) is 19.4 Å². The molecule has 0 aliphatic carbocycles. The third kappa shape index (κ3) is 1.97. The van der Waals surface area contributed by atoms with Crippen molar-refractivity contribution in [3.63, 3.8) is 0 Å². The number of ether oxygens (including phenoxy) is 2. The van der Waals surface area contributed by atoms with Crippen LogP contribution in [0.3, 0.4) is 0 Å². The van der Waals surface area contributed by atoms with E-state index in [0.717, 1.165) is 30.8 Å². The Balaban J connectivity index is 2.32. The molecule has 3 nitrogen and oxygen atoms in total. The molecule has 0 unspecified atom stereocenters. The maximum absolute atomic E-state index is 5.74. The van der Waals surface area contributed by atoms with Crippen LogP contribution in [-0.4, -0.2) is 24.8 Å². The molecule has 1 aliphatic heterocycles. The topological polar surface area (TPSA) is 31.4 Å². The molecule has 0 N–H and O–H groups in total. The summed E-state index contributed by atoms with van der Waals surface area (Å²) in [5.41, 5.74) is 1.54. The van der Waals surface area contributed by atoms with E-state index in [0.29, 0.717) is 0 Å². The summed E-state index contributed by atoms with van der Waals surface area (Å²) in [6.45, 7) is 4.88. The van der Waals surface area contributed by atoms with Gasteiger partial charge in [0.25, 0.3) is 0 Å². The minimum Gasteiger partial charge on any atom is -0.375 e. The maximum Gasteiger partial charge on any atom is 0.133 e. The minimum absolute atomic E-state index is 0.117. The monoisotopic (exact) mass is 221 g/mol. The third-order valence-corrected chi connectivity index (χ3v) is 3.37. The van der Waals surface area contributed by atoms with Crippen molar-refractivity contribution in [3.8, 4) is 0 Å². The number of pyridine rings is 1. The molecule has 0 spiro atoms. The number of rotatable bonds is 3. The van der Waals surface area contributed by atoms with Crippen molar-refractivity contribution in [1.29, 1.82) is 0 Å². The van der Waals surface area contributed by atoms with E-state index in [4.69, 9.17) is 9.47 Å². The van der Waals surface area contributed by atoms with Gasteiger partial charge in [-0.1, -0.05) is 6.07 Å². The van der Waals surface area contributed by atoms with E-state index in [2.05, 4.69) is 11.9 Å². The van der Waals surface area contributed by atoms with Crippen LogP contribution >= 0.6 is 0 Å². The molecule has 1 aromatic heterocycles. The number of aryl methyl sites for hydroxylation is 1. The second-order valence-corrected chi connectivity index (χ2v) is 4.48. The Bertz CT molecular complexity index is 361. The zero-order chi connectivity index (χ0) is 11.6. The van der Waals surface area contributed by atoms with Crippen LogP contribution in [0.2, 0.25) is 0 Å². The number of aromatic nitrogens is 1. The predicted octanol–water partition coefficient (Wildman–Crippen LogP) is 2.43. The van der Waals surface area contributed by atoms with Gasteiger partial charge in [-0.05, 0) is 38.8 Å². The van der Waals surface area contributed by atoms with Crippen molar-refractivity contribution in [1.82, 2.24) is 4.98 Å². The van der Waals surface area contributed by atoms with Crippen molar-refractivity contribution in [2.24, 2.45) is 0 Å². The van der Waals surface area contributed by atoms with Crippen molar-refractivity contribution in [2.45, 2.75) is 38.4 Å². The summed E-state index contributed by atoms with van der Waals surface area (Å²) in [5.74, 6) is 0. The van der Waals surface area contributed by atoms with Crippen molar-refractivity contribution in [2.75, 3.05) is 13.7 Å². The van der Waals surface area contributed by atoms with E-state index in [1.807, 2.05) is 25.1 Å². The molecule has 88 valence electrons. The molecule has 1 saturated heterocycles. The number of nitrogens with zero attached hydrogens (tertiary/aromatic N) is 1. The van der Waals surface area contributed by atoms with Crippen LogP contribution in [0.4, 0.5) is 0 Å². The van der Waals surface area contributed by atoms with Crippen LogP contribution in [0.5, 0.6) is 0 Å². The van der Waals surface area contributed by atoms with E-state index < -0.39 is 5.60 Å². The number of hydrogen-bond acceptors (Lipinski definition) is 3. The average molecular weight is 221 g/mol. The second kappa shape index (κ2) is 4.52. The summed E-state index contributed by atoms with van der Waals surface area (Å²) in [6, 6.07) is 6.02. The van der Waals surface area contributed by atoms with E-state index in [9.17, 15) is 0 Å². The van der Waals surface area contributed by atoms with Crippen LogP contribution in [0.15, 0.2) is 18.2 Å². The molecule has 2 atom stereocenters. The number of methoxy groups -OCH3 is 1. The fraction of sp³-hybridized carbons (Fsp3) is 0.615. The van der Waals surface area contributed by atoms with Gasteiger partial charge in [0.05, 0.1) is 11.8 Å². The summed E-state index contributed by atoms with van der Waals surface area (Å²) in [4.78, 5) is 4.56. The maximum atomic E-state index is 5.74. The third-order valence-electron chi connectivity index (χ3n) is 3.37. The average Bonchev–Trinajstić information content (AvgIpc) is 2.82. The molecule has 0 amide bonds. The molecule has 0 bridgehead atoms. The first-order chi connectivity index (χ1) is 7.66. The lowest BCUT2D eigenvalue weighted by Crippen LogP contribution is -2.39. The lowest BCUT2D eigenvalue weighted by molar-refractivity contribution is -0.106. The summed E-state index contributed by atoms with van der Waals surface area (Å²) >= 11 is 0. The molecular formula is C13H19NO2. The SMILES string of the molecule is CO[C@@](C)(c1cccc(C)n1)[C@H]1CCCO1. The van der Waals surface area contributed by atoms with Gasteiger partial charge < -0.3 is 9.47 Å². The molecule has 3 heteroatoms. The van der Waals surface area contributed by atoms with Gasteiger partial charge in [0.2, 0.25) is 0 Å². The van der Waals surface area contributed by atoms with Crippen molar-refractivity contribution in [3.05, 3.63) is 29.6 Å². The Hall–Kier alpha value is -0.930. The van der Waals surface area contributed by atoms with Gasteiger partial charge in [0.1, 0.15) is 5.60 Å². The molecule has 1 aromatic rings. The Kier molecular flexibility index (Phi) is 3.26. The fourth-order valence-corrected chi connectivity index (χ4v) is 2.23. The van der Waals surface area contributed by atoms with E-state index in [-0.39, 0.29) is 6.10 Å². The van der Waals surface area contributed by atoms with E-state index >= 15 is 0 Å². The standard InChI is InChI=1S/C13H19NO2/c1-10-6-4-7-11(14-10)13(2,15-3)12-8-5-9-16-12/h4,6-7,12H,5,8-9H2,1-3H3/t12-,13+/m1/s1. The van der Waals surface area contributed by atoms with Gasteiger partial charge in [0.15, 0.2) is 0 Å². The van der Waals surface area contributed by atoms with Crippen LogP contribution in [-0.2, 0) is 15.1 Å². The minimum atomic E-state index is -0.428. The zero-order valence-corrected chi connectivity index (χ0v) is 10.2. The predicted molar refractivity (Wildman–Crippen MR) is 62.3 cm³/mol. The Morgan fingerprint density at radius 2 is 2.31 bits per heavy atom. The van der Waals surface area contributed by atoms with Crippen LogP contribution in [0, 0.1) is 6.92 Å². The van der Waals surface area contributed by atoms with Gasteiger partial charge in [-0.15, -0.1) is 0 Å². The summed E-state index contributed by atoms with van der Waals surface area (Å²) in [6.07, 6.45) is 2.27. The highest BCUT2D eigenvalue weighted by atomic mass is 16.5. The Morgan fingerprint density at radius 1 is 1.50 bits per heavy atom. The largest absolute Gasteiger partial charge is 0.375 e. The van der Waals surface area contributed by atoms with E-state index in [1.54, 1.807) is 7.11 Å². The molecule has 1 fully saturated rings. The van der Waals surface area contributed by atoms with Gasteiger partial charge >= 0.3 is 0 Å². The van der Waals surface area contributed by atoms with Crippen molar-refractivity contribution < 1.29 is 9.47 Å². The van der Waals surface area contributed by atoms with Gasteiger partial charge in [-0.2, -0.15) is 0 Å². The molecule has 2 heterocycles. The number of hydrogen-bond donors (Lipinski definition) is 0. The second-order valence-electron chi connectivity index (χ2n) is 4.48. The first-order valence-corrected chi connectivity index (χ1v) is 5.77. The summed E-state index contributed by atoms with van der Waals surface area (Å²) in [7, 11) is 1.73. The van der Waals surface area contributed by atoms with Crippen LogP contribution in [0.1, 0.15) is 31.2 Å². The first kappa shape index (κ1) is 11.6. The molecular weight excluding hydrogens is 202 g/mol. The summed E-state index contributed by atoms with van der Waals surface area (Å²) in [5, 5.41) is 0. The Morgan fingerprint density at radius 3 is 2.88 bits per heavy atom. The highest BCUT2D eigenvalue weighted by Gasteiger charge is 2.40. The zero-order valence-electron chi connectivity index (χ0n) is 10.2. The lowest BCUT2D eigenvalue weighted by atomic mass is 9.92. The highest BCUT2D eigenvalue weighted by Crippen LogP contribution is 2.34. The smallest absolute Gasteiger partial charge is 0.133 e. The molecule has 1 aliphatic rings. The summed E-state index contributed by atoms with van der Waals surface area (Å²) < 4.78 is 11.4. The van der Waals surface area contributed by atoms with Gasteiger partial charge in [-0.3, -0.25) is 4.98 Å². The van der Waals surface area contributed by atoms with Gasteiger partial charge in [-0.25, -0.2) is 0 Å². The molecule has 0 saturated carbocycles. The first-order valence-electron chi connectivity index (χ1n) is 5.77. The molecule has 0 radical (unpaired) electrons. The fourth-order valence-electron chi connectivity index (χ4n) is 2.23. The Labute approximate surface area is 96.8 Å². The quantitative estimate of drug-likeness (QED) is 0.785. The lowest BCUT2D eigenvalue weighted by Gasteiger charge is -2.33. The molecule has 2 rings (SSSR count). The highest BCUT2D eigenvalue weighted by molar-refractivity contribution is 5.18. The van der Waals surface area contributed by atoms with E-state index in [1.165, 1.54) is 0 Å². The molecule has 0 aromatic carbocycles. The van der Waals surface area contributed by atoms with Crippen LogP contribution in [0.25, 0.3) is 0 Å². The van der Waals surface area contributed by atoms with Crippen molar-refractivity contribution >= 4 is 0 Å². The van der Waals surface area contributed by atoms with Crippen LogP contribution < -0.4 is 0 Å². The molecule has 16 heavy (non-hydrogen) atoms.